The van der Waals surface area contributed by atoms with Crippen molar-refractivity contribution in [3.63, 3.8) is 0 Å². The lowest BCUT2D eigenvalue weighted by atomic mass is 9.90. The van der Waals surface area contributed by atoms with Gasteiger partial charge in [-0.1, -0.05) is 42.5 Å². The minimum atomic E-state index is -0.885. The van der Waals surface area contributed by atoms with Crippen LogP contribution < -0.4 is 10.6 Å². The smallest absolute Gasteiger partial charge is 0.314 e. The van der Waals surface area contributed by atoms with Crippen LogP contribution in [0.1, 0.15) is 17.9 Å². The summed E-state index contributed by atoms with van der Waals surface area (Å²) in [6, 6.07) is 16.9. The van der Waals surface area contributed by atoms with Crippen molar-refractivity contribution >= 4 is 39.9 Å². The van der Waals surface area contributed by atoms with Crippen molar-refractivity contribution in [2.75, 3.05) is 17.2 Å². The number of halogens is 1. The van der Waals surface area contributed by atoms with Gasteiger partial charge in [-0.3, -0.25) is 14.4 Å². The molecule has 1 aliphatic rings. The molecule has 3 aromatic rings. The Kier molecular flexibility index (Phi) is 4.95. The highest BCUT2D eigenvalue weighted by molar-refractivity contribution is 6.03. The summed E-state index contributed by atoms with van der Waals surface area (Å²) in [6.45, 7) is -0.489. The largest absolute Gasteiger partial charge is 0.455 e. The normalized spacial score (nSPS) is 15.3. The van der Waals surface area contributed by atoms with Crippen LogP contribution in [-0.2, 0) is 19.1 Å². The summed E-state index contributed by atoms with van der Waals surface area (Å²) in [6.07, 6.45) is -0.123. The molecule has 146 valence electrons. The summed E-state index contributed by atoms with van der Waals surface area (Å²) < 4.78 is 18.5. The first-order valence-corrected chi connectivity index (χ1v) is 9.05. The van der Waals surface area contributed by atoms with Gasteiger partial charge >= 0.3 is 5.97 Å². The molecule has 1 heterocycles. The molecular weight excluding hydrogens is 375 g/mol. The van der Waals surface area contributed by atoms with Gasteiger partial charge in [-0.2, -0.15) is 0 Å². The first kappa shape index (κ1) is 18.6. The number of benzene rings is 3. The van der Waals surface area contributed by atoms with Crippen LogP contribution in [0.25, 0.3) is 10.8 Å². The standard InChI is InChI=1S/C22H17FN2O4/c23-14-8-9-16-17(11-20(26)25-19(16)10-14)22(28)29-12-21(27)24-18-7-3-5-13-4-1-2-6-15(13)18/h1-10,17H,11-12H2,(H,24,27)(H,25,26). The lowest BCUT2D eigenvalue weighted by Gasteiger charge is -2.24. The van der Waals surface area contributed by atoms with E-state index in [1.54, 1.807) is 6.07 Å². The van der Waals surface area contributed by atoms with Crippen molar-refractivity contribution in [3.8, 4) is 0 Å². The lowest BCUT2D eigenvalue weighted by molar-refractivity contribution is -0.149. The van der Waals surface area contributed by atoms with E-state index in [1.165, 1.54) is 12.1 Å². The Balaban J connectivity index is 1.43. The molecule has 0 saturated heterocycles. The fraction of sp³-hybridized carbons (Fsp3) is 0.136. The summed E-state index contributed by atoms with van der Waals surface area (Å²) >= 11 is 0. The highest BCUT2D eigenvalue weighted by Crippen LogP contribution is 2.33. The van der Waals surface area contributed by atoms with E-state index < -0.39 is 36.1 Å². The monoisotopic (exact) mass is 392 g/mol. The van der Waals surface area contributed by atoms with Gasteiger partial charge in [0.05, 0.1) is 5.92 Å². The van der Waals surface area contributed by atoms with E-state index in [1.807, 2.05) is 36.4 Å². The zero-order valence-electron chi connectivity index (χ0n) is 15.3. The first-order chi connectivity index (χ1) is 14.0. The Labute approximate surface area is 165 Å². The van der Waals surface area contributed by atoms with Crippen molar-refractivity contribution in [2.24, 2.45) is 0 Å². The Morgan fingerprint density at radius 3 is 2.76 bits per heavy atom. The van der Waals surface area contributed by atoms with Crippen molar-refractivity contribution < 1.29 is 23.5 Å². The Morgan fingerprint density at radius 1 is 1.10 bits per heavy atom. The number of carbonyl (C=O) groups excluding carboxylic acids is 3. The Hall–Kier alpha value is -3.74. The van der Waals surface area contributed by atoms with Crippen LogP contribution in [0.2, 0.25) is 0 Å². The van der Waals surface area contributed by atoms with E-state index in [0.717, 1.165) is 16.8 Å². The van der Waals surface area contributed by atoms with Crippen LogP contribution in [0.4, 0.5) is 15.8 Å². The maximum atomic E-state index is 13.4. The van der Waals surface area contributed by atoms with Gasteiger partial charge in [0.15, 0.2) is 6.61 Å². The molecule has 1 aliphatic heterocycles. The van der Waals surface area contributed by atoms with Gasteiger partial charge < -0.3 is 15.4 Å². The van der Waals surface area contributed by atoms with Gasteiger partial charge in [-0.05, 0) is 29.1 Å². The number of hydrogen-bond donors (Lipinski definition) is 2. The molecule has 0 spiro atoms. The van der Waals surface area contributed by atoms with Crippen molar-refractivity contribution in [3.05, 3.63) is 72.0 Å². The van der Waals surface area contributed by atoms with Crippen LogP contribution >= 0.6 is 0 Å². The second-order valence-corrected chi connectivity index (χ2v) is 6.72. The van der Waals surface area contributed by atoms with Gasteiger partial charge in [0.1, 0.15) is 5.82 Å². The van der Waals surface area contributed by atoms with Gasteiger partial charge in [-0.25, -0.2) is 4.39 Å². The molecule has 4 rings (SSSR count). The fourth-order valence-corrected chi connectivity index (χ4v) is 3.41. The molecule has 0 bridgehead atoms. The average Bonchev–Trinajstić information content (AvgIpc) is 2.71. The molecule has 7 heteroatoms. The summed E-state index contributed by atoms with van der Waals surface area (Å²) in [7, 11) is 0. The first-order valence-electron chi connectivity index (χ1n) is 9.05. The fourth-order valence-electron chi connectivity index (χ4n) is 3.41. The summed E-state index contributed by atoms with van der Waals surface area (Å²) in [4.78, 5) is 36.6. The molecule has 3 aromatic carbocycles. The summed E-state index contributed by atoms with van der Waals surface area (Å²) in [5.41, 5.74) is 1.32. The average molecular weight is 392 g/mol. The third-order valence-electron chi connectivity index (χ3n) is 4.75. The van der Waals surface area contributed by atoms with E-state index in [2.05, 4.69) is 10.6 Å². The van der Waals surface area contributed by atoms with E-state index >= 15 is 0 Å². The maximum absolute atomic E-state index is 13.4. The number of amides is 2. The van der Waals surface area contributed by atoms with Crippen molar-refractivity contribution in [1.82, 2.24) is 0 Å². The Morgan fingerprint density at radius 2 is 1.90 bits per heavy atom. The lowest BCUT2D eigenvalue weighted by Crippen LogP contribution is -2.30. The van der Waals surface area contributed by atoms with Gasteiger partial charge in [0, 0.05) is 23.2 Å². The number of anilines is 2. The minimum Gasteiger partial charge on any atom is -0.455 e. The molecule has 1 unspecified atom stereocenters. The second kappa shape index (κ2) is 7.71. The van der Waals surface area contributed by atoms with Crippen LogP contribution in [0.15, 0.2) is 60.7 Å². The molecule has 1 atom stereocenters. The number of rotatable bonds is 4. The van der Waals surface area contributed by atoms with E-state index in [4.69, 9.17) is 4.74 Å². The van der Waals surface area contributed by atoms with Crippen LogP contribution in [0.3, 0.4) is 0 Å². The number of nitrogens with one attached hydrogen (secondary N) is 2. The maximum Gasteiger partial charge on any atom is 0.314 e. The molecule has 0 saturated carbocycles. The zero-order valence-corrected chi connectivity index (χ0v) is 15.3. The third-order valence-corrected chi connectivity index (χ3v) is 4.75. The van der Waals surface area contributed by atoms with Crippen LogP contribution in [-0.4, -0.2) is 24.4 Å². The molecule has 0 radical (unpaired) electrons. The minimum absolute atomic E-state index is 0.123. The number of ether oxygens (including phenoxy) is 1. The summed E-state index contributed by atoms with van der Waals surface area (Å²) in [5, 5.41) is 7.11. The van der Waals surface area contributed by atoms with Gasteiger partial charge in [0.25, 0.3) is 5.91 Å². The topological polar surface area (TPSA) is 84.5 Å². The number of hydrogen-bond acceptors (Lipinski definition) is 4. The SMILES string of the molecule is O=C1CC(C(=O)OCC(=O)Nc2cccc3ccccc23)c2ccc(F)cc2N1. The number of carbonyl (C=O) groups is 3. The van der Waals surface area contributed by atoms with Crippen molar-refractivity contribution in [1.29, 1.82) is 0 Å². The molecule has 0 aromatic heterocycles. The van der Waals surface area contributed by atoms with Gasteiger partial charge in [-0.15, -0.1) is 0 Å². The van der Waals surface area contributed by atoms with E-state index in [0.29, 0.717) is 11.3 Å². The highest BCUT2D eigenvalue weighted by atomic mass is 19.1. The molecule has 0 aliphatic carbocycles. The van der Waals surface area contributed by atoms with Crippen LogP contribution in [0, 0.1) is 5.82 Å². The summed E-state index contributed by atoms with van der Waals surface area (Å²) in [5.74, 6) is -3.02. The van der Waals surface area contributed by atoms with E-state index in [9.17, 15) is 18.8 Å². The molecular formula is C22H17FN2O4. The predicted molar refractivity (Wildman–Crippen MR) is 106 cm³/mol. The van der Waals surface area contributed by atoms with Crippen molar-refractivity contribution in [2.45, 2.75) is 12.3 Å². The number of fused-ring (bicyclic) bond motifs is 2. The van der Waals surface area contributed by atoms with Gasteiger partial charge in [0.2, 0.25) is 5.91 Å². The molecule has 2 amide bonds. The molecule has 0 fully saturated rings. The predicted octanol–water partition coefficient (Wildman–Crippen LogP) is 3.59. The van der Waals surface area contributed by atoms with E-state index in [-0.39, 0.29) is 12.1 Å². The number of esters is 1. The second-order valence-electron chi connectivity index (χ2n) is 6.72. The highest BCUT2D eigenvalue weighted by Gasteiger charge is 2.32. The molecule has 6 nitrogen and oxygen atoms in total. The Bertz CT molecular complexity index is 1120. The molecule has 29 heavy (non-hydrogen) atoms. The zero-order chi connectivity index (χ0) is 20.4. The molecule has 2 N–H and O–H groups in total. The quantitative estimate of drug-likeness (QED) is 0.665. The van der Waals surface area contributed by atoms with Crippen LogP contribution in [0.5, 0.6) is 0 Å². The third kappa shape index (κ3) is 3.94.